The second kappa shape index (κ2) is 7.33. The van der Waals surface area contributed by atoms with Crippen molar-refractivity contribution in [3.63, 3.8) is 0 Å². The molecule has 2 N–H and O–H groups in total. The fourth-order valence-corrected chi connectivity index (χ4v) is 2.31. The Hall–Kier alpha value is -0.980. The van der Waals surface area contributed by atoms with E-state index >= 15 is 0 Å². The van der Waals surface area contributed by atoms with E-state index in [9.17, 15) is 0 Å². The molecule has 6 nitrogen and oxygen atoms in total. The second-order valence-corrected chi connectivity index (χ2v) is 6.32. The number of rotatable bonds is 7. The third-order valence-corrected chi connectivity index (χ3v) is 3.65. The van der Waals surface area contributed by atoms with Gasteiger partial charge in [0.25, 0.3) is 0 Å². The number of aryl methyl sites for hydroxylation is 1. The SMILES string of the molecule is CC(C)OCC(C)(N)c1noc(CCC2CCCCO2)n1. The van der Waals surface area contributed by atoms with E-state index in [4.69, 9.17) is 19.7 Å². The molecule has 2 unspecified atom stereocenters. The molecule has 2 atom stereocenters. The average Bonchev–Trinajstić information content (AvgIpc) is 2.94. The van der Waals surface area contributed by atoms with Gasteiger partial charge in [-0.05, 0) is 46.5 Å². The van der Waals surface area contributed by atoms with E-state index < -0.39 is 5.54 Å². The highest BCUT2D eigenvalue weighted by atomic mass is 16.5. The molecular formula is C15H27N3O3. The van der Waals surface area contributed by atoms with Crippen LogP contribution in [0.2, 0.25) is 0 Å². The zero-order chi connectivity index (χ0) is 15.3. The quantitative estimate of drug-likeness (QED) is 0.830. The van der Waals surface area contributed by atoms with E-state index in [1.807, 2.05) is 20.8 Å². The lowest BCUT2D eigenvalue weighted by Crippen LogP contribution is -2.40. The van der Waals surface area contributed by atoms with Crippen LogP contribution in [0.15, 0.2) is 4.52 Å². The van der Waals surface area contributed by atoms with Gasteiger partial charge < -0.3 is 19.7 Å². The Morgan fingerprint density at radius 2 is 2.24 bits per heavy atom. The van der Waals surface area contributed by atoms with Crippen molar-refractivity contribution in [1.82, 2.24) is 10.1 Å². The third-order valence-electron chi connectivity index (χ3n) is 3.65. The molecule has 1 aliphatic rings. The van der Waals surface area contributed by atoms with Gasteiger partial charge in [0, 0.05) is 13.0 Å². The van der Waals surface area contributed by atoms with Crippen molar-refractivity contribution in [3.05, 3.63) is 11.7 Å². The van der Waals surface area contributed by atoms with Gasteiger partial charge in [-0.2, -0.15) is 4.98 Å². The lowest BCUT2D eigenvalue weighted by atomic mass is 10.0. The molecule has 0 bridgehead atoms. The molecule has 2 heterocycles. The number of hydrogen-bond acceptors (Lipinski definition) is 6. The average molecular weight is 297 g/mol. The molecule has 0 aromatic carbocycles. The van der Waals surface area contributed by atoms with E-state index in [0.29, 0.717) is 24.4 Å². The Labute approximate surface area is 126 Å². The van der Waals surface area contributed by atoms with E-state index in [2.05, 4.69) is 10.1 Å². The Morgan fingerprint density at radius 1 is 1.43 bits per heavy atom. The molecular weight excluding hydrogens is 270 g/mol. The Bertz CT molecular complexity index is 426. The summed E-state index contributed by atoms with van der Waals surface area (Å²) in [5.41, 5.74) is 5.48. The van der Waals surface area contributed by atoms with Gasteiger partial charge in [0.1, 0.15) is 5.54 Å². The number of ether oxygens (including phenoxy) is 2. The van der Waals surface area contributed by atoms with Crippen LogP contribution < -0.4 is 5.73 Å². The Morgan fingerprint density at radius 3 is 2.90 bits per heavy atom. The van der Waals surface area contributed by atoms with Crippen molar-refractivity contribution < 1.29 is 14.0 Å². The van der Waals surface area contributed by atoms with Crippen LogP contribution in [-0.4, -0.2) is 35.6 Å². The van der Waals surface area contributed by atoms with Crippen LogP contribution in [0.1, 0.15) is 58.2 Å². The molecule has 6 heteroatoms. The van der Waals surface area contributed by atoms with E-state index in [-0.39, 0.29) is 6.10 Å². The summed E-state index contributed by atoms with van der Waals surface area (Å²) in [7, 11) is 0. The van der Waals surface area contributed by atoms with Crippen molar-refractivity contribution in [1.29, 1.82) is 0 Å². The fourth-order valence-electron chi connectivity index (χ4n) is 2.31. The molecule has 1 aromatic rings. The van der Waals surface area contributed by atoms with Crippen molar-refractivity contribution in [2.24, 2.45) is 5.73 Å². The summed E-state index contributed by atoms with van der Waals surface area (Å²) >= 11 is 0. The zero-order valence-electron chi connectivity index (χ0n) is 13.3. The first-order chi connectivity index (χ1) is 9.97. The maximum atomic E-state index is 6.20. The molecule has 1 saturated heterocycles. The smallest absolute Gasteiger partial charge is 0.226 e. The summed E-state index contributed by atoms with van der Waals surface area (Å²) in [5.74, 6) is 1.13. The highest BCUT2D eigenvalue weighted by molar-refractivity contribution is 5.02. The predicted molar refractivity (Wildman–Crippen MR) is 78.8 cm³/mol. The largest absolute Gasteiger partial charge is 0.378 e. The molecule has 2 rings (SSSR count). The van der Waals surface area contributed by atoms with Gasteiger partial charge in [0.15, 0.2) is 5.82 Å². The molecule has 1 aliphatic heterocycles. The summed E-state index contributed by atoms with van der Waals surface area (Å²) in [6.45, 7) is 7.04. The van der Waals surface area contributed by atoms with Gasteiger partial charge in [-0.1, -0.05) is 5.16 Å². The molecule has 0 amide bonds. The first-order valence-corrected chi connectivity index (χ1v) is 7.82. The van der Waals surface area contributed by atoms with E-state index in [1.54, 1.807) is 0 Å². The van der Waals surface area contributed by atoms with E-state index in [0.717, 1.165) is 25.9 Å². The van der Waals surface area contributed by atoms with Crippen LogP contribution in [0.25, 0.3) is 0 Å². The fraction of sp³-hybridized carbons (Fsp3) is 0.867. The molecule has 1 fully saturated rings. The summed E-state index contributed by atoms with van der Waals surface area (Å²) in [5, 5.41) is 4.00. The number of nitrogens with zero attached hydrogens (tertiary/aromatic N) is 2. The maximum absolute atomic E-state index is 6.20. The van der Waals surface area contributed by atoms with Crippen molar-refractivity contribution >= 4 is 0 Å². The molecule has 0 spiro atoms. The van der Waals surface area contributed by atoms with Crippen molar-refractivity contribution in [2.75, 3.05) is 13.2 Å². The van der Waals surface area contributed by atoms with Gasteiger partial charge in [-0.3, -0.25) is 0 Å². The monoisotopic (exact) mass is 297 g/mol. The van der Waals surface area contributed by atoms with Crippen molar-refractivity contribution in [2.45, 2.75) is 70.6 Å². The van der Waals surface area contributed by atoms with Gasteiger partial charge in [0.2, 0.25) is 5.89 Å². The van der Waals surface area contributed by atoms with Crippen molar-refractivity contribution in [3.8, 4) is 0 Å². The van der Waals surface area contributed by atoms with Gasteiger partial charge in [-0.25, -0.2) is 0 Å². The third kappa shape index (κ3) is 5.05. The molecule has 0 aliphatic carbocycles. The number of aromatic nitrogens is 2. The first-order valence-electron chi connectivity index (χ1n) is 7.82. The molecule has 120 valence electrons. The van der Waals surface area contributed by atoms with Crippen LogP contribution in [0.5, 0.6) is 0 Å². The van der Waals surface area contributed by atoms with Crippen LogP contribution >= 0.6 is 0 Å². The van der Waals surface area contributed by atoms with E-state index in [1.165, 1.54) is 12.8 Å². The molecule has 0 radical (unpaired) electrons. The summed E-state index contributed by atoms with van der Waals surface area (Å²) < 4.78 is 16.6. The number of nitrogens with two attached hydrogens (primary N) is 1. The second-order valence-electron chi connectivity index (χ2n) is 6.32. The minimum absolute atomic E-state index is 0.127. The summed E-state index contributed by atoms with van der Waals surface area (Å²) in [6.07, 6.45) is 5.64. The zero-order valence-corrected chi connectivity index (χ0v) is 13.3. The minimum Gasteiger partial charge on any atom is -0.378 e. The van der Waals surface area contributed by atoms with Crippen LogP contribution in [0, 0.1) is 0 Å². The maximum Gasteiger partial charge on any atom is 0.226 e. The molecule has 0 saturated carbocycles. The number of hydrogen-bond donors (Lipinski definition) is 1. The molecule has 21 heavy (non-hydrogen) atoms. The first kappa shape index (κ1) is 16.4. The minimum atomic E-state index is -0.729. The highest BCUT2D eigenvalue weighted by Gasteiger charge is 2.28. The predicted octanol–water partition coefficient (Wildman–Crippen LogP) is 2.17. The van der Waals surface area contributed by atoms with Crippen LogP contribution in [-0.2, 0) is 21.4 Å². The lowest BCUT2D eigenvalue weighted by Gasteiger charge is -2.22. The van der Waals surface area contributed by atoms with Gasteiger partial charge >= 0.3 is 0 Å². The van der Waals surface area contributed by atoms with Crippen LogP contribution in [0.3, 0.4) is 0 Å². The van der Waals surface area contributed by atoms with Gasteiger partial charge in [-0.15, -0.1) is 0 Å². The highest BCUT2D eigenvalue weighted by Crippen LogP contribution is 2.19. The lowest BCUT2D eigenvalue weighted by molar-refractivity contribution is 0.0104. The summed E-state index contributed by atoms with van der Waals surface area (Å²) in [6, 6.07) is 0. The summed E-state index contributed by atoms with van der Waals surface area (Å²) in [4.78, 5) is 4.41. The van der Waals surface area contributed by atoms with Crippen LogP contribution in [0.4, 0.5) is 0 Å². The standard InChI is InChI=1S/C15H27N3O3/c1-11(2)20-10-15(3,16)14-17-13(21-18-14)8-7-12-6-4-5-9-19-12/h11-12H,4-10,16H2,1-3H3. The van der Waals surface area contributed by atoms with Gasteiger partial charge in [0.05, 0.1) is 18.8 Å². The normalized spacial score (nSPS) is 22.4. The Balaban J connectivity index is 1.85. The Kier molecular flexibility index (Phi) is 5.72. The topological polar surface area (TPSA) is 83.4 Å². The molecule has 1 aromatic heterocycles.